The Morgan fingerprint density at radius 1 is 1.16 bits per heavy atom. The van der Waals surface area contributed by atoms with E-state index in [0.29, 0.717) is 17.3 Å². The zero-order valence-corrected chi connectivity index (χ0v) is 18.1. The number of para-hydroxylation sites is 2. The number of hydrogen-bond donors (Lipinski definition) is 2. The van der Waals surface area contributed by atoms with Crippen molar-refractivity contribution in [3.63, 3.8) is 0 Å². The predicted molar refractivity (Wildman–Crippen MR) is 120 cm³/mol. The Labute approximate surface area is 184 Å². The van der Waals surface area contributed by atoms with Crippen LogP contribution in [0.4, 0.5) is 5.69 Å². The van der Waals surface area contributed by atoms with Crippen LogP contribution in [0.5, 0.6) is 5.75 Å². The van der Waals surface area contributed by atoms with Crippen molar-refractivity contribution in [2.45, 2.75) is 31.2 Å². The Bertz CT molecular complexity index is 1410. The number of rotatable bonds is 6. The summed E-state index contributed by atoms with van der Waals surface area (Å²) in [5.41, 5.74) is -0.149. The van der Waals surface area contributed by atoms with Gasteiger partial charge in [-0.05, 0) is 37.6 Å². The fourth-order valence-electron chi connectivity index (χ4n) is 3.66. The average Bonchev–Trinajstić information content (AvgIpc) is 2.76. The van der Waals surface area contributed by atoms with Crippen molar-refractivity contribution in [3.8, 4) is 5.75 Å². The summed E-state index contributed by atoms with van der Waals surface area (Å²) >= 11 is 0. The van der Waals surface area contributed by atoms with Crippen LogP contribution in [0.1, 0.15) is 25.3 Å². The highest BCUT2D eigenvalue weighted by atomic mass is 32.2. The molecule has 3 aromatic rings. The van der Waals surface area contributed by atoms with Gasteiger partial charge in [0.05, 0.1) is 17.8 Å². The van der Waals surface area contributed by atoms with Gasteiger partial charge in [-0.2, -0.15) is 8.42 Å². The van der Waals surface area contributed by atoms with Crippen LogP contribution < -0.4 is 10.9 Å². The molecule has 1 aliphatic rings. The molecule has 0 saturated heterocycles. The normalized spacial score (nSPS) is 14.3. The number of aromatic nitrogens is 1. The first-order chi connectivity index (χ1) is 15.3. The van der Waals surface area contributed by atoms with Gasteiger partial charge in [-0.3, -0.25) is 9.59 Å². The van der Waals surface area contributed by atoms with Crippen LogP contribution >= 0.6 is 0 Å². The highest BCUT2D eigenvalue weighted by Crippen LogP contribution is 2.32. The molecule has 0 aliphatic carbocycles. The summed E-state index contributed by atoms with van der Waals surface area (Å²) in [5, 5.41) is 14.1. The molecule has 0 bridgehead atoms. The maximum atomic E-state index is 13.4. The van der Waals surface area contributed by atoms with Crippen LogP contribution in [0.15, 0.2) is 62.6 Å². The fourth-order valence-corrected chi connectivity index (χ4v) is 4.79. The molecule has 0 fully saturated rings. The lowest BCUT2D eigenvalue weighted by Gasteiger charge is -2.20. The van der Waals surface area contributed by atoms with Crippen molar-refractivity contribution in [2.75, 3.05) is 11.9 Å². The fraction of sp³-hybridized carbons (Fsp3) is 0.227. The van der Waals surface area contributed by atoms with Gasteiger partial charge in [-0.1, -0.05) is 24.3 Å². The number of anilines is 1. The van der Waals surface area contributed by atoms with Gasteiger partial charge in [-0.25, -0.2) is 0 Å². The van der Waals surface area contributed by atoms with Crippen LogP contribution in [-0.2, 0) is 26.1 Å². The summed E-state index contributed by atoms with van der Waals surface area (Å²) in [7, 11) is -4.07. The molecule has 1 aliphatic heterocycles. The van der Waals surface area contributed by atoms with E-state index in [1.807, 2.05) is 0 Å². The van der Waals surface area contributed by atoms with Crippen molar-refractivity contribution in [3.05, 3.63) is 64.4 Å². The zero-order chi connectivity index (χ0) is 22.9. The van der Waals surface area contributed by atoms with E-state index in [4.69, 9.17) is 4.74 Å². The van der Waals surface area contributed by atoms with Crippen LogP contribution in [0.3, 0.4) is 0 Å². The minimum atomic E-state index is -4.07. The number of hydrogen-bond acceptors (Lipinski definition) is 7. The van der Waals surface area contributed by atoms with Gasteiger partial charge in [0.1, 0.15) is 16.2 Å². The molecule has 4 rings (SSSR count). The van der Waals surface area contributed by atoms with E-state index < -0.39 is 15.6 Å². The Hall–Kier alpha value is -3.66. The zero-order valence-electron chi connectivity index (χ0n) is 17.2. The van der Waals surface area contributed by atoms with Crippen molar-refractivity contribution < 1.29 is 23.1 Å². The lowest BCUT2D eigenvalue weighted by atomic mass is 10.1. The number of nitrogens with one attached hydrogen (secondary N) is 1. The molecule has 1 aromatic heterocycles. The third-order valence-electron chi connectivity index (χ3n) is 5.08. The lowest BCUT2D eigenvalue weighted by Crippen LogP contribution is -2.32. The van der Waals surface area contributed by atoms with Gasteiger partial charge in [0.25, 0.3) is 15.6 Å². The first kappa shape index (κ1) is 21.6. The van der Waals surface area contributed by atoms with Crippen molar-refractivity contribution in [2.24, 2.45) is 4.40 Å². The van der Waals surface area contributed by atoms with E-state index in [2.05, 4.69) is 9.71 Å². The molecule has 2 heterocycles. The molecular weight excluding hydrogens is 434 g/mol. The lowest BCUT2D eigenvalue weighted by molar-refractivity contribution is -0.143. The summed E-state index contributed by atoms with van der Waals surface area (Å²) in [6.45, 7) is 2.15. The second-order valence-corrected chi connectivity index (χ2v) is 8.71. The van der Waals surface area contributed by atoms with Crippen LogP contribution in [0.2, 0.25) is 0 Å². The second kappa shape index (κ2) is 8.46. The van der Waals surface area contributed by atoms with Gasteiger partial charge in [0.2, 0.25) is 0 Å². The Kier molecular flexibility index (Phi) is 5.70. The maximum absolute atomic E-state index is 13.4. The molecule has 2 N–H and O–H groups in total. The number of esters is 1. The third-order valence-corrected chi connectivity index (χ3v) is 6.41. The number of aromatic hydroxyl groups is 1. The van der Waals surface area contributed by atoms with Crippen LogP contribution in [0, 0.1) is 0 Å². The van der Waals surface area contributed by atoms with Gasteiger partial charge >= 0.3 is 5.97 Å². The summed E-state index contributed by atoms with van der Waals surface area (Å²) in [4.78, 5) is 25.1. The van der Waals surface area contributed by atoms with E-state index in [1.165, 1.54) is 10.6 Å². The van der Waals surface area contributed by atoms with Crippen molar-refractivity contribution in [1.29, 1.82) is 0 Å². The number of fused-ring (bicyclic) bond motifs is 2. The topological polar surface area (TPSA) is 127 Å². The Morgan fingerprint density at radius 2 is 1.88 bits per heavy atom. The van der Waals surface area contributed by atoms with E-state index >= 15 is 0 Å². The van der Waals surface area contributed by atoms with E-state index in [1.54, 1.807) is 49.4 Å². The summed E-state index contributed by atoms with van der Waals surface area (Å²) in [5.74, 6) is -0.992. The van der Waals surface area contributed by atoms with Gasteiger partial charge in [0.15, 0.2) is 5.84 Å². The summed E-state index contributed by atoms with van der Waals surface area (Å²) in [6.07, 6.45) is 0.444. The summed E-state index contributed by atoms with van der Waals surface area (Å²) < 4.78 is 35.4. The number of aryl methyl sites for hydroxylation is 1. The van der Waals surface area contributed by atoms with E-state index in [-0.39, 0.29) is 53.3 Å². The highest BCUT2D eigenvalue weighted by molar-refractivity contribution is 7.90. The highest BCUT2D eigenvalue weighted by Gasteiger charge is 2.29. The van der Waals surface area contributed by atoms with Gasteiger partial charge in [-0.15, -0.1) is 4.40 Å². The molecule has 0 radical (unpaired) electrons. The Balaban J connectivity index is 1.84. The molecule has 0 spiro atoms. The predicted octanol–water partition coefficient (Wildman–Crippen LogP) is 2.61. The molecule has 2 aromatic carbocycles. The van der Waals surface area contributed by atoms with Crippen LogP contribution in [-0.4, -0.2) is 36.5 Å². The molecule has 0 amide bonds. The number of amidine groups is 1. The minimum absolute atomic E-state index is 0.0150. The minimum Gasteiger partial charge on any atom is -0.506 e. The number of carbonyl (C=O) groups excluding carboxylic acids is 1. The molecule has 32 heavy (non-hydrogen) atoms. The quantitative estimate of drug-likeness (QED) is 0.547. The molecular formula is C22H21N3O6S. The van der Waals surface area contributed by atoms with E-state index in [0.717, 1.165) is 0 Å². The number of benzene rings is 2. The first-order valence-corrected chi connectivity index (χ1v) is 11.5. The third kappa shape index (κ3) is 3.84. The van der Waals surface area contributed by atoms with Crippen molar-refractivity contribution in [1.82, 2.24) is 4.57 Å². The number of carbonyl (C=O) groups is 1. The second-order valence-electron chi connectivity index (χ2n) is 7.14. The van der Waals surface area contributed by atoms with Crippen molar-refractivity contribution >= 4 is 38.4 Å². The average molecular weight is 455 g/mol. The monoisotopic (exact) mass is 455 g/mol. The van der Waals surface area contributed by atoms with E-state index in [9.17, 15) is 23.1 Å². The van der Waals surface area contributed by atoms with Crippen LogP contribution in [0.25, 0.3) is 10.9 Å². The number of nitrogens with zero attached hydrogens (tertiary/aromatic N) is 2. The SMILES string of the molecule is CCOC(=O)CCCn1c(=O)c(C2=NS(=O)(=O)c3ccccc3N2)c(O)c2ccccc21. The molecule has 0 atom stereocenters. The Morgan fingerprint density at radius 3 is 2.66 bits per heavy atom. The smallest absolute Gasteiger partial charge is 0.305 e. The standard InChI is InChI=1S/C22H21N3O6S/c1-2-31-18(26)12-7-13-25-16-10-5-3-8-14(16)20(27)19(22(25)28)21-23-15-9-4-6-11-17(15)32(29,30)24-21/h3-6,8-11,27H,2,7,12-13H2,1H3,(H,23,24). The molecule has 0 unspecified atom stereocenters. The number of sulfonamides is 1. The molecule has 0 saturated carbocycles. The van der Waals surface area contributed by atoms with Gasteiger partial charge in [0, 0.05) is 18.4 Å². The molecule has 9 nitrogen and oxygen atoms in total. The number of pyridine rings is 1. The maximum Gasteiger partial charge on any atom is 0.305 e. The molecule has 166 valence electrons. The number of ether oxygens (including phenoxy) is 1. The first-order valence-electron chi connectivity index (χ1n) is 10.0. The molecule has 10 heteroatoms. The summed E-state index contributed by atoms with van der Waals surface area (Å²) in [6, 6.07) is 12.9. The largest absolute Gasteiger partial charge is 0.506 e. The van der Waals surface area contributed by atoms with Gasteiger partial charge < -0.3 is 19.7 Å².